The first kappa shape index (κ1) is 9.73. The van der Waals surface area contributed by atoms with E-state index in [0.29, 0.717) is 0 Å². The third-order valence-corrected chi connectivity index (χ3v) is 1.58. The molecule has 0 saturated carbocycles. The Morgan fingerprint density at radius 1 is 1.69 bits per heavy atom. The summed E-state index contributed by atoms with van der Waals surface area (Å²) in [5.74, 6) is -0.128. The van der Waals surface area contributed by atoms with Crippen molar-refractivity contribution in [2.75, 3.05) is 7.05 Å². The number of hydrogen-bond acceptors (Lipinski definition) is 4. The zero-order chi connectivity index (χ0) is 9.84. The molecule has 72 valence electrons. The predicted molar refractivity (Wildman–Crippen MR) is 44.0 cm³/mol. The van der Waals surface area contributed by atoms with E-state index in [4.69, 9.17) is 9.47 Å². The minimum atomic E-state index is -0.771. The van der Waals surface area contributed by atoms with Crippen LogP contribution in [0.4, 0.5) is 4.79 Å². The summed E-state index contributed by atoms with van der Waals surface area (Å²) >= 11 is 0. The van der Waals surface area contributed by atoms with Crippen LogP contribution in [-0.2, 0) is 14.3 Å². The lowest BCUT2D eigenvalue weighted by Crippen LogP contribution is -2.34. The van der Waals surface area contributed by atoms with Gasteiger partial charge >= 0.3 is 6.09 Å². The molecule has 1 amide bonds. The highest BCUT2D eigenvalue weighted by Crippen LogP contribution is 2.09. The maximum absolute atomic E-state index is 10.9. The molecule has 1 aliphatic heterocycles. The van der Waals surface area contributed by atoms with Crippen molar-refractivity contribution < 1.29 is 19.1 Å². The Kier molecular flexibility index (Phi) is 3.02. The average Bonchev–Trinajstić information content (AvgIpc) is 2.11. The van der Waals surface area contributed by atoms with Crippen LogP contribution >= 0.6 is 0 Å². The lowest BCUT2D eigenvalue weighted by atomic mass is 10.2. The van der Waals surface area contributed by atoms with Crippen molar-refractivity contribution in [3.05, 3.63) is 12.2 Å². The van der Waals surface area contributed by atoms with Gasteiger partial charge in [-0.25, -0.2) is 4.79 Å². The van der Waals surface area contributed by atoms with Crippen LogP contribution in [0.15, 0.2) is 12.2 Å². The Hall–Kier alpha value is -1.36. The fraction of sp³-hybridized carbons (Fsp3) is 0.500. The van der Waals surface area contributed by atoms with E-state index in [1.54, 1.807) is 6.92 Å². The fourth-order valence-electron chi connectivity index (χ4n) is 0.854. The SMILES string of the molecule is CNC(=O)O[C@H]1C=CC(=O)[C@@H](C)O1. The molecule has 13 heavy (non-hydrogen) atoms. The lowest BCUT2D eigenvalue weighted by molar-refractivity contribution is -0.145. The Morgan fingerprint density at radius 3 is 2.92 bits per heavy atom. The summed E-state index contributed by atoms with van der Waals surface area (Å²) in [4.78, 5) is 21.7. The third kappa shape index (κ3) is 2.55. The number of alkyl carbamates (subject to hydrolysis) is 1. The molecule has 5 nitrogen and oxygen atoms in total. The van der Waals surface area contributed by atoms with Gasteiger partial charge in [0.2, 0.25) is 6.29 Å². The van der Waals surface area contributed by atoms with Crippen LogP contribution in [0.25, 0.3) is 0 Å². The summed E-state index contributed by atoms with van der Waals surface area (Å²) in [6.07, 6.45) is 0.836. The molecule has 0 aliphatic carbocycles. The Bertz CT molecular complexity index is 249. The molecule has 1 heterocycles. The van der Waals surface area contributed by atoms with E-state index in [1.807, 2.05) is 0 Å². The van der Waals surface area contributed by atoms with E-state index >= 15 is 0 Å². The van der Waals surface area contributed by atoms with Crippen LogP contribution in [-0.4, -0.2) is 31.3 Å². The van der Waals surface area contributed by atoms with Crippen molar-refractivity contribution in [3.63, 3.8) is 0 Å². The number of carbonyl (C=O) groups excluding carboxylic acids is 2. The highest BCUT2D eigenvalue weighted by molar-refractivity contribution is 5.93. The second-order valence-electron chi connectivity index (χ2n) is 2.56. The van der Waals surface area contributed by atoms with Gasteiger partial charge in [-0.1, -0.05) is 0 Å². The highest BCUT2D eigenvalue weighted by atomic mass is 16.7. The van der Waals surface area contributed by atoms with Crippen molar-refractivity contribution >= 4 is 11.9 Å². The van der Waals surface area contributed by atoms with E-state index < -0.39 is 18.5 Å². The molecular formula is C8H11NO4. The van der Waals surface area contributed by atoms with Crippen LogP contribution in [0.5, 0.6) is 0 Å². The van der Waals surface area contributed by atoms with E-state index in [0.717, 1.165) is 0 Å². The standard InChI is InChI=1S/C8H11NO4/c1-5-6(10)3-4-7(12-5)13-8(11)9-2/h3-5,7H,1-2H3,(H,9,11)/t5-,7+/m1/s1. The van der Waals surface area contributed by atoms with Gasteiger partial charge in [0.1, 0.15) is 6.10 Å². The van der Waals surface area contributed by atoms with E-state index in [9.17, 15) is 9.59 Å². The number of ketones is 1. The van der Waals surface area contributed by atoms with Gasteiger partial charge < -0.3 is 14.8 Å². The summed E-state index contributed by atoms with van der Waals surface area (Å²) < 4.78 is 9.80. The van der Waals surface area contributed by atoms with Crippen molar-refractivity contribution in [1.82, 2.24) is 5.32 Å². The third-order valence-electron chi connectivity index (χ3n) is 1.58. The van der Waals surface area contributed by atoms with E-state index in [2.05, 4.69) is 5.32 Å². The van der Waals surface area contributed by atoms with Gasteiger partial charge in [-0.2, -0.15) is 0 Å². The van der Waals surface area contributed by atoms with Gasteiger partial charge in [-0.05, 0) is 19.1 Å². The fourth-order valence-corrected chi connectivity index (χ4v) is 0.854. The minimum absolute atomic E-state index is 0.128. The highest BCUT2D eigenvalue weighted by Gasteiger charge is 2.23. The summed E-state index contributed by atoms with van der Waals surface area (Å²) in [5.41, 5.74) is 0. The molecule has 0 aromatic carbocycles. The van der Waals surface area contributed by atoms with E-state index in [1.165, 1.54) is 19.2 Å². The zero-order valence-electron chi connectivity index (χ0n) is 7.44. The smallest absolute Gasteiger partial charge is 0.409 e. The van der Waals surface area contributed by atoms with Gasteiger partial charge in [0.25, 0.3) is 0 Å². The number of ether oxygens (including phenoxy) is 2. The zero-order valence-corrected chi connectivity index (χ0v) is 7.44. The number of amides is 1. The van der Waals surface area contributed by atoms with Gasteiger partial charge in [0.05, 0.1) is 0 Å². The topological polar surface area (TPSA) is 64.6 Å². The van der Waals surface area contributed by atoms with Gasteiger partial charge in [-0.3, -0.25) is 4.79 Å². The molecule has 5 heteroatoms. The normalized spacial score (nSPS) is 27.1. The maximum Gasteiger partial charge on any atom is 0.409 e. The van der Waals surface area contributed by atoms with Gasteiger partial charge in [0.15, 0.2) is 5.78 Å². The first-order valence-electron chi connectivity index (χ1n) is 3.89. The summed E-state index contributed by atoms with van der Waals surface area (Å²) in [7, 11) is 1.45. The average molecular weight is 185 g/mol. The Labute approximate surface area is 75.7 Å². The van der Waals surface area contributed by atoms with Gasteiger partial charge in [-0.15, -0.1) is 0 Å². The molecule has 1 aliphatic rings. The number of rotatable bonds is 1. The number of carbonyl (C=O) groups is 2. The first-order chi connectivity index (χ1) is 6.13. The van der Waals surface area contributed by atoms with Gasteiger partial charge in [0, 0.05) is 7.05 Å². The van der Waals surface area contributed by atoms with Crippen molar-refractivity contribution in [2.24, 2.45) is 0 Å². The quantitative estimate of drug-likeness (QED) is 0.634. The van der Waals surface area contributed by atoms with Crippen molar-refractivity contribution in [2.45, 2.75) is 19.3 Å². The van der Waals surface area contributed by atoms with Crippen LogP contribution in [0.1, 0.15) is 6.92 Å². The monoisotopic (exact) mass is 185 g/mol. The summed E-state index contributed by atoms with van der Waals surface area (Å²) in [6.45, 7) is 1.60. The van der Waals surface area contributed by atoms with Crippen molar-refractivity contribution in [1.29, 1.82) is 0 Å². The van der Waals surface area contributed by atoms with Crippen LogP contribution in [0, 0.1) is 0 Å². The molecule has 0 spiro atoms. The predicted octanol–water partition coefficient (Wildman–Crippen LogP) is 0.212. The molecule has 0 bridgehead atoms. The molecule has 0 radical (unpaired) electrons. The number of hydrogen-bond donors (Lipinski definition) is 1. The molecule has 0 aromatic heterocycles. The summed E-state index contributed by atoms with van der Waals surface area (Å²) in [6, 6.07) is 0. The molecular weight excluding hydrogens is 174 g/mol. The molecule has 2 atom stereocenters. The van der Waals surface area contributed by atoms with Crippen molar-refractivity contribution in [3.8, 4) is 0 Å². The molecule has 0 saturated heterocycles. The van der Waals surface area contributed by atoms with Crippen LogP contribution in [0.2, 0.25) is 0 Å². The maximum atomic E-state index is 10.9. The molecule has 0 unspecified atom stereocenters. The number of nitrogens with one attached hydrogen (secondary N) is 1. The second kappa shape index (κ2) is 4.04. The molecule has 0 aromatic rings. The molecule has 1 rings (SSSR count). The molecule has 0 fully saturated rings. The Morgan fingerprint density at radius 2 is 2.38 bits per heavy atom. The van der Waals surface area contributed by atoms with Crippen LogP contribution < -0.4 is 5.32 Å². The Balaban J connectivity index is 2.50. The second-order valence-corrected chi connectivity index (χ2v) is 2.56. The largest absolute Gasteiger partial charge is 0.416 e. The minimum Gasteiger partial charge on any atom is -0.416 e. The first-order valence-corrected chi connectivity index (χ1v) is 3.89. The van der Waals surface area contributed by atoms with E-state index in [-0.39, 0.29) is 5.78 Å². The van der Waals surface area contributed by atoms with Crippen LogP contribution in [0.3, 0.4) is 0 Å². The lowest BCUT2D eigenvalue weighted by Gasteiger charge is -2.21. The summed E-state index contributed by atoms with van der Waals surface area (Å²) in [5, 5.41) is 2.28. The molecule has 1 N–H and O–H groups in total.